The quantitative estimate of drug-likeness (QED) is 0.556. The van der Waals surface area contributed by atoms with Crippen LogP contribution in [0.5, 0.6) is 0 Å². The lowest BCUT2D eigenvalue weighted by Crippen LogP contribution is -2.12. The van der Waals surface area contributed by atoms with Crippen LogP contribution in [0.15, 0.2) is 59.9 Å². The lowest BCUT2D eigenvalue weighted by Gasteiger charge is -2.05. The van der Waals surface area contributed by atoms with Gasteiger partial charge in [-0.25, -0.2) is 9.97 Å². The van der Waals surface area contributed by atoms with E-state index in [2.05, 4.69) is 25.3 Å². The van der Waals surface area contributed by atoms with E-state index in [-0.39, 0.29) is 5.91 Å². The Morgan fingerprint density at radius 3 is 2.75 bits per heavy atom. The highest BCUT2D eigenvalue weighted by molar-refractivity contribution is 7.84. The molecule has 3 heterocycles. The molecule has 1 aromatic carbocycles. The average molecular weight is 391 g/mol. The Hall–Kier alpha value is -3.39. The molecule has 0 aliphatic carbocycles. The number of carbonyl (C=O) groups excluding carboxylic acids is 1. The second kappa shape index (κ2) is 7.32. The fourth-order valence-corrected chi connectivity index (χ4v) is 3.55. The molecule has 8 heteroatoms. The van der Waals surface area contributed by atoms with E-state index in [9.17, 15) is 9.00 Å². The number of aromatic amines is 1. The lowest BCUT2D eigenvalue weighted by atomic mass is 10.1. The van der Waals surface area contributed by atoms with Crippen LogP contribution in [-0.4, -0.2) is 36.3 Å². The number of pyridine rings is 2. The van der Waals surface area contributed by atoms with Gasteiger partial charge in [0.15, 0.2) is 5.65 Å². The van der Waals surface area contributed by atoms with E-state index in [0.717, 1.165) is 16.0 Å². The summed E-state index contributed by atoms with van der Waals surface area (Å²) >= 11 is 0. The number of nitrogens with one attached hydrogen (secondary N) is 2. The Balaban J connectivity index is 1.73. The molecule has 0 saturated carbocycles. The zero-order valence-electron chi connectivity index (χ0n) is 15.3. The number of rotatable bonds is 4. The Bertz CT molecular complexity index is 1200. The van der Waals surface area contributed by atoms with Crippen molar-refractivity contribution in [1.29, 1.82) is 0 Å². The molecule has 0 spiro atoms. The van der Waals surface area contributed by atoms with Crippen LogP contribution in [0.2, 0.25) is 0 Å². The van der Waals surface area contributed by atoms with Gasteiger partial charge in [-0.1, -0.05) is 0 Å². The Kier molecular flexibility index (Phi) is 4.70. The van der Waals surface area contributed by atoms with Crippen molar-refractivity contribution in [3.8, 4) is 11.4 Å². The maximum atomic E-state index is 12.7. The first-order valence-corrected chi connectivity index (χ1v) is 10.1. The fourth-order valence-electron chi connectivity index (χ4n) is 2.94. The summed E-state index contributed by atoms with van der Waals surface area (Å²) in [4.78, 5) is 29.5. The molecule has 4 aromatic rings. The minimum absolute atomic E-state index is 0.274. The molecule has 4 rings (SSSR count). The maximum absolute atomic E-state index is 12.7. The maximum Gasteiger partial charge on any atom is 0.258 e. The first-order valence-electron chi connectivity index (χ1n) is 8.53. The molecule has 0 fully saturated rings. The van der Waals surface area contributed by atoms with Crippen molar-refractivity contribution >= 4 is 33.6 Å². The summed E-state index contributed by atoms with van der Waals surface area (Å²) in [5, 5.41) is 2.82. The van der Waals surface area contributed by atoms with Gasteiger partial charge in [0.2, 0.25) is 0 Å². The predicted octanol–water partition coefficient (Wildman–Crippen LogP) is 3.32. The minimum Gasteiger partial charge on any atom is -0.336 e. The number of hydrogen-bond donors (Lipinski definition) is 2. The van der Waals surface area contributed by atoms with Gasteiger partial charge in [0.1, 0.15) is 5.82 Å². The molecule has 2 N–H and O–H groups in total. The van der Waals surface area contributed by atoms with Crippen molar-refractivity contribution in [3.05, 3.63) is 66.1 Å². The SMILES string of the molecule is Cc1cc(S(C)=O)ccc1-c1nc2nccc(C(=O)Nc3cccnc3)c2[nH]1. The molecule has 1 amide bonds. The van der Waals surface area contributed by atoms with Gasteiger partial charge >= 0.3 is 0 Å². The first kappa shape index (κ1) is 18.0. The average Bonchev–Trinajstić information content (AvgIpc) is 3.12. The zero-order valence-corrected chi connectivity index (χ0v) is 16.1. The molecule has 3 aromatic heterocycles. The highest BCUT2D eigenvalue weighted by Gasteiger charge is 2.16. The van der Waals surface area contributed by atoms with E-state index < -0.39 is 10.8 Å². The van der Waals surface area contributed by atoms with E-state index in [1.165, 1.54) is 0 Å². The van der Waals surface area contributed by atoms with Gasteiger partial charge in [-0.3, -0.25) is 14.0 Å². The molecule has 0 aliphatic heterocycles. The smallest absolute Gasteiger partial charge is 0.258 e. The van der Waals surface area contributed by atoms with Gasteiger partial charge in [-0.05, 0) is 48.9 Å². The number of aromatic nitrogens is 4. The summed E-state index contributed by atoms with van der Waals surface area (Å²) in [7, 11) is -1.05. The molecule has 7 nitrogen and oxygen atoms in total. The molecule has 0 saturated heterocycles. The summed E-state index contributed by atoms with van der Waals surface area (Å²) in [5.74, 6) is 0.333. The van der Waals surface area contributed by atoms with E-state index >= 15 is 0 Å². The van der Waals surface area contributed by atoms with Crippen LogP contribution in [0.25, 0.3) is 22.6 Å². The van der Waals surface area contributed by atoms with E-state index in [1.807, 2.05) is 25.1 Å². The number of benzene rings is 1. The summed E-state index contributed by atoms with van der Waals surface area (Å²) in [6.45, 7) is 1.93. The van der Waals surface area contributed by atoms with Crippen molar-refractivity contribution < 1.29 is 9.00 Å². The van der Waals surface area contributed by atoms with Crippen LogP contribution in [0.1, 0.15) is 15.9 Å². The standard InChI is InChI=1S/C20H17N5O2S/c1-12-10-14(28(2)27)5-6-15(12)18-24-17-16(7-9-22-19(17)25-18)20(26)23-13-4-3-8-21-11-13/h3-11H,1-2H3,(H,23,26)(H,22,24,25). The van der Waals surface area contributed by atoms with Crippen LogP contribution in [0.3, 0.4) is 0 Å². The van der Waals surface area contributed by atoms with E-state index in [1.54, 1.807) is 43.0 Å². The highest BCUT2D eigenvalue weighted by Crippen LogP contribution is 2.26. The Morgan fingerprint density at radius 1 is 1.18 bits per heavy atom. The van der Waals surface area contributed by atoms with Crippen molar-refractivity contribution in [3.63, 3.8) is 0 Å². The summed E-state index contributed by atoms with van der Waals surface area (Å²) < 4.78 is 11.7. The Labute approximate surface area is 163 Å². The molecular weight excluding hydrogens is 374 g/mol. The number of aryl methyl sites for hydroxylation is 1. The predicted molar refractivity (Wildman–Crippen MR) is 109 cm³/mol. The molecule has 0 bridgehead atoms. The Morgan fingerprint density at radius 2 is 2.04 bits per heavy atom. The van der Waals surface area contributed by atoms with Gasteiger partial charge in [-0.2, -0.15) is 0 Å². The van der Waals surface area contributed by atoms with Crippen molar-refractivity contribution in [2.24, 2.45) is 0 Å². The van der Waals surface area contributed by atoms with Gasteiger partial charge in [0.25, 0.3) is 5.91 Å². The summed E-state index contributed by atoms with van der Waals surface area (Å²) in [5.41, 5.74) is 3.87. The zero-order chi connectivity index (χ0) is 19.7. The van der Waals surface area contributed by atoms with E-state index in [4.69, 9.17) is 0 Å². The van der Waals surface area contributed by atoms with Crippen molar-refractivity contribution in [2.45, 2.75) is 11.8 Å². The minimum atomic E-state index is -1.05. The van der Waals surface area contributed by atoms with Crippen LogP contribution < -0.4 is 5.32 Å². The molecule has 0 aliphatic rings. The number of anilines is 1. The van der Waals surface area contributed by atoms with Crippen LogP contribution in [-0.2, 0) is 10.8 Å². The molecule has 1 atom stereocenters. The number of carbonyl (C=O) groups is 1. The van der Waals surface area contributed by atoms with Crippen LogP contribution in [0.4, 0.5) is 5.69 Å². The second-order valence-corrected chi connectivity index (χ2v) is 7.65. The summed E-state index contributed by atoms with van der Waals surface area (Å²) in [6, 6.07) is 10.7. The molecule has 28 heavy (non-hydrogen) atoms. The third-order valence-corrected chi connectivity index (χ3v) is 5.26. The molecule has 1 unspecified atom stereocenters. The number of fused-ring (bicyclic) bond motifs is 1. The number of amides is 1. The van der Waals surface area contributed by atoms with Gasteiger partial charge in [-0.15, -0.1) is 0 Å². The third-order valence-electron chi connectivity index (χ3n) is 4.34. The molecule has 0 radical (unpaired) electrons. The van der Waals surface area contributed by atoms with E-state index in [0.29, 0.717) is 28.2 Å². The topological polar surface area (TPSA) is 101 Å². The number of nitrogens with zero attached hydrogens (tertiary/aromatic N) is 3. The lowest BCUT2D eigenvalue weighted by molar-refractivity contribution is 0.102. The second-order valence-electron chi connectivity index (χ2n) is 6.27. The fraction of sp³-hybridized carbons (Fsp3) is 0.100. The van der Waals surface area contributed by atoms with Gasteiger partial charge in [0.05, 0.1) is 23.0 Å². The van der Waals surface area contributed by atoms with Gasteiger partial charge in [0, 0.05) is 39.9 Å². The normalized spacial score (nSPS) is 12.1. The first-order chi connectivity index (χ1) is 13.5. The number of imidazole rings is 1. The number of H-pyrrole nitrogens is 1. The largest absolute Gasteiger partial charge is 0.336 e. The molecular formula is C20H17N5O2S. The number of hydrogen-bond acceptors (Lipinski definition) is 5. The van der Waals surface area contributed by atoms with Crippen LogP contribution in [0, 0.1) is 6.92 Å². The van der Waals surface area contributed by atoms with Crippen LogP contribution >= 0.6 is 0 Å². The third kappa shape index (κ3) is 3.41. The van der Waals surface area contributed by atoms with Crippen molar-refractivity contribution in [1.82, 2.24) is 19.9 Å². The van der Waals surface area contributed by atoms with Gasteiger partial charge < -0.3 is 10.3 Å². The molecule has 140 valence electrons. The monoisotopic (exact) mass is 391 g/mol. The highest BCUT2D eigenvalue weighted by atomic mass is 32.2. The summed E-state index contributed by atoms with van der Waals surface area (Å²) in [6.07, 6.45) is 6.43. The van der Waals surface area contributed by atoms with Crippen molar-refractivity contribution in [2.75, 3.05) is 11.6 Å².